The zero-order valence-corrected chi connectivity index (χ0v) is 13.0. The fourth-order valence-corrected chi connectivity index (χ4v) is 2.55. The number of carbonyl (C=O) groups is 3. The maximum atomic E-state index is 12.1. The number of anilines is 1. The molecule has 0 spiro atoms. The first kappa shape index (κ1) is 16.8. The SMILES string of the molecule is NC(=O)C1CCN(C(=O)CCNC(=O)Nc2ccccc2)CC1. The number of hydrogen-bond acceptors (Lipinski definition) is 3. The van der Waals surface area contributed by atoms with Crippen molar-refractivity contribution >= 4 is 23.5 Å². The summed E-state index contributed by atoms with van der Waals surface area (Å²) in [6.07, 6.45) is 1.47. The second-order valence-electron chi connectivity index (χ2n) is 5.55. The van der Waals surface area contributed by atoms with Gasteiger partial charge >= 0.3 is 6.03 Å². The molecule has 4 N–H and O–H groups in total. The van der Waals surface area contributed by atoms with Crippen LogP contribution in [0.4, 0.5) is 10.5 Å². The third kappa shape index (κ3) is 5.28. The zero-order chi connectivity index (χ0) is 16.7. The van der Waals surface area contributed by atoms with Gasteiger partial charge in [-0.05, 0) is 25.0 Å². The van der Waals surface area contributed by atoms with Gasteiger partial charge in [0, 0.05) is 37.7 Å². The van der Waals surface area contributed by atoms with E-state index >= 15 is 0 Å². The van der Waals surface area contributed by atoms with Crippen molar-refractivity contribution in [2.24, 2.45) is 11.7 Å². The first-order valence-electron chi connectivity index (χ1n) is 7.73. The van der Waals surface area contributed by atoms with Crippen molar-refractivity contribution in [1.82, 2.24) is 10.2 Å². The molecule has 0 bridgehead atoms. The molecule has 4 amide bonds. The number of piperidine rings is 1. The number of benzene rings is 1. The smallest absolute Gasteiger partial charge is 0.319 e. The van der Waals surface area contributed by atoms with Crippen LogP contribution in [0, 0.1) is 5.92 Å². The van der Waals surface area contributed by atoms with Gasteiger partial charge in [-0.3, -0.25) is 9.59 Å². The van der Waals surface area contributed by atoms with Crippen LogP contribution in [-0.2, 0) is 9.59 Å². The lowest BCUT2D eigenvalue weighted by molar-refractivity contribution is -0.134. The number of carbonyl (C=O) groups excluding carboxylic acids is 3. The number of urea groups is 1. The average Bonchev–Trinajstić information content (AvgIpc) is 2.55. The van der Waals surface area contributed by atoms with Gasteiger partial charge < -0.3 is 21.3 Å². The molecule has 0 aromatic heterocycles. The fourth-order valence-electron chi connectivity index (χ4n) is 2.55. The topological polar surface area (TPSA) is 105 Å². The van der Waals surface area contributed by atoms with Crippen LogP contribution in [0.5, 0.6) is 0 Å². The second kappa shape index (κ2) is 8.17. The number of nitrogens with two attached hydrogens (primary N) is 1. The molecule has 0 radical (unpaired) electrons. The number of likely N-dealkylation sites (tertiary alicyclic amines) is 1. The van der Waals surface area contributed by atoms with Crippen LogP contribution < -0.4 is 16.4 Å². The van der Waals surface area contributed by atoms with Crippen LogP contribution in [0.1, 0.15) is 19.3 Å². The van der Waals surface area contributed by atoms with Crippen LogP contribution in [0.2, 0.25) is 0 Å². The maximum absolute atomic E-state index is 12.1. The highest BCUT2D eigenvalue weighted by Crippen LogP contribution is 2.17. The van der Waals surface area contributed by atoms with E-state index in [0.29, 0.717) is 31.6 Å². The Morgan fingerprint density at radius 2 is 1.78 bits per heavy atom. The van der Waals surface area contributed by atoms with Crippen LogP contribution in [0.3, 0.4) is 0 Å². The number of hydrogen-bond donors (Lipinski definition) is 3. The summed E-state index contributed by atoms with van der Waals surface area (Å²) in [5, 5.41) is 5.34. The Bertz CT molecular complexity index is 554. The summed E-state index contributed by atoms with van der Waals surface area (Å²) in [7, 11) is 0. The van der Waals surface area contributed by atoms with E-state index in [-0.39, 0.29) is 36.7 Å². The van der Waals surface area contributed by atoms with Crippen LogP contribution in [0.25, 0.3) is 0 Å². The molecule has 0 atom stereocenters. The highest BCUT2D eigenvalue weighted by atomic mass is 16.2. The van der Waals surface area contributed by atoms with Crippen molar-refractivity contribution in [1.29, 1.82) is 0 Å². The van der Waals surface area contributed by atoms with Gasteiger partial charge in [0.2, 0.25) is 11.8 Å². The molecule has 1 aliphatic rings. The summed E-state index contributed by atoms with van der Waals surface area (Å²) in [5.74, 6) is -0.446. The molecular formula is C16H22N4O3. The summed E-state index contributed by atoms with van der Waals surface area (Å²) in [6.45, 7) is 1.36. The molecule has 1 aliphatic heterocycles. The number of para-hydroxylation sites is 1. The predicted molar refractivity (Wildman–Crippen MR) is 86.6 cm³/mol. The van der Waals surface area contributed by atoms with Gasteiger partial charge in [0.05, 0.1) is 0 Å². The monoisotopic (exact) mass is 318 g/mol. The Hall–Kier alpha value is -2.57. The largest absolute Gasteiger partial charge is 0.369 e. The van der Waals surface area contributed by atoms with Crippen LogP contribution in [-0.4, -0.2) is 42.4 Å². The molecule has 2 rings (SSSR count). The Balaban J connectivity index is 1.65. The average molecular weight is 318 g/mol. The molecule has 0 saturated carbocycles. The Morgan fingerprint density at radius 3 is 2.39 bits per heavy atom. The normalized spacial score (nSPS) is 15.0. The molecule has 0 aliphatic carbocycles. The molecule has 1 aromatic rings. The van der Waals surface area contributed by atoms with Gasteiger partial charge in [-0.1, -0.05) is 18.2 Å². The highest BCUT2D eigenvalue weighted by Gasteiger charge is 2.25. The third-order valence-electron chi connectivity index (χ3n) is 3.91. The minimum Gasteiger partial charge on any atom is -0.369 e. The van der Waals surface area contributed by atoms with Gasteiger partial charge in [0.25, 0.3) is 0 Å². The van der Waals surface area contributed by atoms with Crippen molar-refractivity contribution < 1.29 is 14.4 Å². The van der Waals surface area contributed by atoms with Crippen molar-refractivity contribution in [3.8, 4) is 0 Å². The first-order chi connectivity index (χ1) is 11.1. The minimum absolute atomic E-state index is 0.0204. The van der Waals surface area contributed by atoms with E-state index in [0.717, 1.165) is 0 Å². The molecule has 1 saturated heterocycles. The minimum atomic E-state index is -0.337. The molecule has 1 heterocycles. The fraction of sp³-hybridized carbons (Fsp3) is 0.438. The molecular weight excluding hydrogens is 296 g/mol. The maximum Gasteiger partial charge on any atom is 0.319 e. The Morgan fingerprint density at radius 1 is 1.13 bits per heavy atom. The summed E-state index contributed by atoms with van der Waals surface area (Å²) >= 11 is 0. The quantitative estimate of drug-likeness (QED) is 0.752. The van der Waals surface area contributed by atoms with E-state index < -0.39 is 0 Å². The van der Waals surface area contributed by atoms with Crippen molar-refractivity contribution in [2.45, 2.75) is 19.3 Å². The summed E-state index contributed by atoms with van der Waals surface area (Å²) < 4.78 is 0. The van der Waals surface area contributed by atoms with E-state index in [1.54, 1.807) is 17.0 Å². The summed E-state index contributed by atoms with van der Waals surface area (Å²) in [4.78, 5) is 36.6. The Kier molecular flexibility index (Phi) is 5.96. The lowest BCUT2D eigenvalue weighted by Gasteiger charge is -2.30. The van der Waals surface area contributed by atoms with E-state index in [4.69, 9.17) is 5.73 Å². The lowest BCUT2D eigenvalue weighted by atomic mass is 9.96. The molecule has 7 nitrogen and oxygen atoms in total. The first-order valence-corrected chi connectivity index (χ1v) is 7.73. The number of amides is 4. The highest BCUT2D eigenvalue weighted by molar-refractivity contribution is 5.89. The third-order valence-corrected chi connectivity index (χ3v) is 3.91. The number of primary amides is 1. The molecule has 1 fully saturated rings. The van der Waals surface area contributed by atoms with Gasteiger partial charge in [0.15, 0.2) is 0 Å². The van der Waals surface area contributed by atoms with Gasteiger partial charge in [-0.2, -0.15) is 0 Å². The standard InChI is InChI=1S/C16H22N4O3/c17-15(22)12-7-10-20(11-8-12)14(21)6-9-18-16(23)19-13-4-2-1-3-5-13/h1-5,12H,6-11H2,(H2,17,22)(H2,18,19,23). The van der Waals surface area contributed by atoms with Crippen molar-refractivity contribution in [3.05, 3.63) is 30.3 Å². The Labute approximate surface area is 135 Å². The second-order valence-corrected chi connectivity index (χ2v) is 5.55. The van der Waals surface area contributed by atoms with Crippen molar-refractivity contribution in [3.63, 3.8) is 0 Å². The van der Waals surface area contributed by atoms with E-state index in [1.807, 2.05) is 18.2 Å². The summed E-state index contributed by atoms with van der Waals surface area (Å²) in [6, 6.07) is 8.75. The van der Waals surface area contributed by atoms with Crippen molar-refractivity contribution in [2.75, 3.05) is 25.0 Å². The molecule has 1 aromatic carbocycles. The molecule has 0 unspecified atom stereocenters. The van der Waals surface area contributed by atoms with Gasteiger partial charge in [-0.15, -0.1) is 0 Å². The van der Waals surface area contributed by atoms with E-state index in [9.17, 15) is 14.4 Å². The van der Waals surface area contributed by atoms with Crippen LogP contribution in [0.15, 0.2) is 30.3 Å². The van der Waals surface area contributed by atoms with Crippen LogP contribution >= 0.6 is 0 Å². The lowest BCUT2D eigenvalue weighted by Crippen LogP contribution is -2.42. The van der Waals surface area contributed by atoms with E-state index in [1.165, 1.54) is 0 Å². The van der Waals surface area contributed by atoms with Gasteiger partial charge in [0.1, 0.15) is 0 Å². The number of nitrogens with zero attached hydrogens (tertiary/aromatic N) is 1. The molecule has 23 heavy (non-hydrogen) atoms. The zero-order valence-electron chi connectivity index (χ0n) is 13.0. The van der Waals surface area contributed by atoms with E-state index in [2.05, 4.69) is 10.6 Å². The molecule has 7 heteroatoms. The predicted octanol–water partition coefficient (Wildman–Crippen LogP) is 0.922. The van der Waals surface area contributed by atoms with Gasteiger partial charge in [-0.25, -0.2) is 4.79 Å². The molecule has 124 valence electrons. The number of nitrogens with one attached hydrogen (secondary N) is 2. The number of rotatable bonds is 5. The summed E-state index contributed by atoms with van der Waals surface area (Å²) in [5.41, 5.74) is 5.97.